The fourth-order valence-electron chi connectivity index (χ4n) is 4.79. The summed E-state index contributed by atoms with van der Waals surface area (Å²) in [6, 6.07) is 4.00. The van der Waals surface area contributed by atoms with Gasteiger partial charge in [0.1, 0.15) is 0 Å². The van der Waals surface area contributed by atoms with Gasteiger partial charge in [-0.2, -0.15) is 0 Å². The fourth-order valence-corrected chi connectivity index (χ4v) is 11.7. The highest BCUT2D eigenvalue weighted by Gasteiger charge is 2.31. The highest BCUT2D eigenvalue weighted by molar-refractivity contribution is 6.79. The Balaban J connectivity index is 0. The second kappa shape index (κ2) is 20.2. The number of hydrogen-bond acceptors (Lipinski definition) is 2. The van der Waals surface area contributed by atoms with Gasteiger partial charge in [-0.15, -0.1) is 0 Å². The lowest BCUT2D eigenvalue weighted by atomic mass is 10.1. The molecule has 0 spiro atoms. The first-order chi connectivity index (χ1) is 15.9. The minimum Gasteiger partial charge on any atom is -0.350 e. The minimum atomic E-state index is -1.48. The van der Waals surface area contributed by atoms with E-state index in [1.165, 1.54) is 63.1 Å². The average Bonchev–Trinajstić information content (AvgIpc) is 2.72. The molecule has 0 aliphatic rings. The van der Waals surface area contributed by atoms with E-state index >= 15 is 0 Å². The first-order valence-electron chi connectivity index (χ1n) is 13.8. The van der Waals surface area contributed by atoms with Crippen molar-refractivity contribution in [2.75, 3.05) is 56.4 Å². The van der Waals surface area contributed by atoms with Gasteiger partial charge in [-0.1, -0.05) is 79.6 Å². The summed E-state index contributed by atoms with van der Waals surface area (Å²) < 4.78 is 10.2. The van der Waals surface area contributed by atoms with Crippen LogP contribution in [0.1, 0.15) is 79.6 Å². The van der Waals surface area contributed by atoms with Crippen LogP contribution in [-0.4, -0.2) is 106 Å². The molecule has 0 aromatic carbocycles. The molecule has 0 rings (SSSR count). The van der Waals surface area contributed by atoms with E-state index in [1.54, 1.807) is 0 Å². The van der Waals surface area contributed by atoms with Crippen molar-refractivity contribution in [3.05, 3.63) is 0 Å². The van der Waals surface area contributed by atoms with Crippen LogP contribution >= 0.6 is 0 Å². The predicted octanol–water partition coefficient (Wildman–Crippen LogP) is 5.58. The zero-order chi connectivity index (χ0) is 26.7. The van der Waals surface area contributed by atoms with Crippen LogP contribution in [-0.2, 0) is 0 Å². The quantitative estimate of drug-likeness (QED) is 0.183. The smallest absolute Gasteiger partial charge is 0.186 e. The molecule has 0 fully saturated rings. The van der Waals surface area contributed by atoms with Crippen molar-refractivity contribution in [2.45, 2.75) is 103 Å². The molecule has 0 heterocycles. The maximum Gasteiger partial charge on any atom is 0.186 e. The molecule has 0 aliphatic carbocycles. The molecule has 0 radical (unpaired) electrons. The molecule has 0 saturated carbocycles. The molecule has 0 bridgehead atoms. The molecule has 0 saturated heterocycles. The van der Waals surface area contributed by atoms with Crippen molar-refractivity contribution in [1.82, 2.24) is 19.6 Å². The third-order valence-electron chi connectivity index (χ3n) is 5.97. The van der Waals surface area contributed by atoms with Crippen molar-refractivity contribution in [3.63, 3.8) is 0 Å². The maximum atomic E-state index is 5.28. The average molecular weight is 515 g/mol. The molecule has 0 N–H and O–H groups in total. The van der Waals surface area contributed by atoms with E-state index in [9.17, 15) is 0 Å². The van der Waals surface area contributed by atoms with E-state index in [0.29, 0.717) is 0 Å². The third kappa shape index (κ3) is 15.1. The summed E-state index contributed by atoms with van der Waals surface area (Å²) in [5.41, 5.74) is 0.893. The van der Waals surface area contributed by atoms with Gasteiger partial charge in [0.05, 0.1) is 0 Å². The first kappa shape index (κ1) is 35.1. The Kier molecular flexibility index (Phi) is 20.9. The Morgan fingerprint density at radius 2 is 0.941 bits per heavy atom. The molecule has 204 valence electrons. The molecule has 0 atom stereocenters. The Morgan fingerprint density at radius 1 is 0.588 bits per heavy atom. The number of hydrogen-bond donors (Lipinski definition) is 0. The summed E-state index contributed by atoms with van der Waals surface area (Å²) in [5, 5.41) is 0. The summed E-state index contributed by atoms with van der Waals surface area (Å²) in [6.45, 7) is 11.5. The van der Waals surface area contributed by atoms with E-state index in [2.05, 4.69) is 111 Å². The second-order valence-electron chi connectivity index (χ2n) is 10.5. The monoisotopic (exact) mass is 514 g/mol. The molecule has 6 nitrogen and oxygen atoms in total. The first-order valence-corrected chi connectivity index (χ1v) is 17.8. The molecule has 0 aromatic heterocycles. The zero-order valence-electron chi connectivity index (χ0n) is 25.5. The normalized spacial score (nSPS) is 11.2. The second-order valence-corrected chi connectivity index (χ2v) is 16.6. The van der Waals surface area contributed by atoms with Gasteiger partial charge in [0.2, 0.25) is 0 Å². The van der Waals surface area contributed by atoms with E-state index in [0.717, 1.165) is 17.5 Å². The van der Waals surface area contributed by atoms with Crippen LogP contribution in [0.15, 0.2) is 9.32 Å². The SMILES string of the molecule is CCCC(CCC)[SiH2]N=C(N(C)C)N(C)C.CCC[Si](CCC)(CCC)N=C(N(C)C)N(C)C. The maximum absolute atomic E-state index is 5.28. The number of guanidine groups is 2. The summed E-state index contributed by atoms with van der Waals surface area (Å²) >= 11 is 0. The van der Waals surface area contributed by atoms with Gasteiger partial charge in [0, 0.05) is 56.4 Å². The Bertz CT molecular complexity index is 504. The molecule has 0 aliphatic heterocycles. The minimum absolute atomic E-state index is 0.325. The van der Waals surface area contributed by atoms with Gasteiger partial charge < -0.3 is 19.6 Å². The third-order valence-corrected chi connectivity index (χ3v) is 12.7. The van der Waals surface area contributed by atoms with Gasteiger partial charge in [-0.25, -0.2) is 0 Å². The summed E-state index contributed by atoms with van der Waals surface area (Å²) in [7, 11) is 14.9. The van der Waals surface area contributed by atoms with E-state index in [-0.39, 0.29) is 9.68 Å². The Morgan fingerprint density at radius 3 is 1.21 bits per heavy atom. The summed E-state index contributed by atoms with van der Waals surface area (Å²) in [6.07, 6.45) is 9.12. The highest BCUT2D eigenvalue weighted by atomic mass is 28.3. The van der Waals surface area contributed by atoms with Crippen LogP contribution in [0.25, 0.3) is 0 Å². The lowest BCUT2D eigenvalue weighted by Crippen LogP contribution is -2.42. The van der Waals surface area contributed by atoms with Crippen LogP contribution in [0.5, 0.6) is 0 Å². The van der Waals surface area contributed by atoms with Gasteiger partial charge in [-0.3, -0.25) is 9.32 Å². The van der Waals surface area contributed by atoms with Gasteiger partial charge in [0.15, 0.2) is 29.8 Å². The van der Waals surface area contributed by atoms with E-state index < -0.39 is 8.24 Å². The van der Waals surface area contributed by atoms with E-state index in [1.807, 2.05) is 0 Å². The lowest BCUT2D eigenvalue weighted by molar-refractivity contribution is 0.485. The molecule has 34 heavy (non-hydrogen) atoms. The summed E-state index contributed by atoms with van der Waals surface area (Å²) in [4.78, 5) is 8.54. The summed E-state index contributed by atoms with van der Waals surface area (Å²) in [5.74, 6) is 2.28. The fraction of sp³-hybridized carbons (Fsp3) is 0.923. The van der Waals surface area contributed by atoms with Gasteiger partial charge in [0.25, 0.3) is 0 Å². The van der Waals surface area contributed by atoms with Crippen LogP contribution in [0.2, 0.25) is 23.7 Å². The van der Waals surface area contributed by atoms with E-state index in [4.69, 9.17) is 9.32 Å². The van der Waals surface area contributed by atoms with Gasteiger partial charge in [-0.05, 0) is 23.7 Å². The molecule has 0 amide bonds. The van der Waals surface area contributed by atoms with Crippen molar-refractivity contribution in [1.29, 1.82) is 0 Å². The zero-order valence-corrected chi connectivity index (χ0v) is 28.0. The molecular formula is C26H62N6Si2. The van der Waals surface area contributed by atoms with Gasteiger partial charge >= 0.3 is 0 Å². The van der Waals surface area contributed by atoms with Crippen molar-refractivity contribution >= 4 is 29.8 Å². The largest absolute Gasteiger partial charge is 0.350 e. The van der Waals surface area contributed by atoms with Crippen molar-refractivity contribution in [3.8, 4) is 0 Å². The molecule has 0 aromatic rings. The highest BCUT2D eigenvalue weighted by Crippen LogP contribution is 2.28. The van der Waals surface area contributed by atoms with Crippen LogP contribution in [0.4, 0.5) is 0 Å². The molecular weight excluding hydrogens is 453 g/mol. The molecule has 8 heteroatoms. The number of rotatable bonds is 13. The lowest BCUT2D eigenvalue weighted by Gasteiger charge is -2.32. The van der Waals surface area contributed by atoms with Crippen molar-refractivity contribution in [2.24, 2.45) is 9.32 Å². The topological polar surface area (TPSA) is 37.7 Å². The predicted molar refractivity (Wildman–Crippen MR) is 163 cm³/mol. The number of nitrogens with zero attached hydrogens (tertiary/aromatic N) is 6. The van der Waals surface area contributed by atoms with Crippen LogP contribution in [0.3, 0.4) is 0 Å². The standard InChI is InChI=1S/C14H33N3Si.C12H29N3Si/c1-8-11-18(12-9-2,13-10-3)15-14(16(4)5)17(6)7;1-7-9-11(10-8-2)16-13-12(14(3)4)15(5)6/h8-13H2,1-7H3;11H,7-10,16H2,1-6H3. The molecule has 0 unspecified atom stereocenters. The Labute approximate surface area is 218 Å². The van der Waals surface area contributed by atoms with Crippen molar-refractivity contribution < 1.29 is 0 Å². The Hall–Kier alpha value is -1.03. The van der Waals surface area contributed by atoms with Crippen LogP contribution in [0, 0.1) is 0 Å². The van der Waals surface area contributed by atoms with Crippen LogP contribution < -0.4 is 0 Å².